The molecule has 2 aromatic heterocycles. The van der Waals surface area contributed by atoms with Crippen LogP contribution in [0.4, 0.5) is 0 Å². The van der Waals surface area contributed by atoms with Gasteiger partial charge >= 0.3 is 0 Å². The van der Waals surface area contributed by atoms with E-state index in [1.54, 1.807) is 11.3 Å². The van der Waals surface area contributed by atoms with Gasteiger partial charge in [0, 0.05) is 45.9 Å². The highest BCUT2D eigenvalue weighted by Gasteiger charge is 2.43. The van der Waals surface area contributed by atoms with Crippen LogP contribution in [-0.2, 0) is 21.3 Å². The van der Waals surface area contributed by atoms with Crippen LogP contribution in [0.2, 0.25) is 0 Å². The maximum atomic E-state index is 12.9. The summed E-state index contributed by atoms with van der Waals surface area (Å²) in [6.07, 6.45) is 3.57. The molecule has 4 atom stereocenters. The second kappa shape index (κ2) is 9.08. The molecule has 0 N–H and O–H groups in total. The number of nitrogens with zero attached hydrogens (tertiary/aromatic N) is 3. The van der Waals surface area contributed by atoms with E-state index in [1.807, 2.05) is 9.58 Å². The van der Waals surface area contributed by atoms with Crippen molar-refractivity contribution in [1.82, 2.24) is 14.7 Å². The van der Waals surface area contributed by atoms with E-state index in [9.17, 15) is 4.79 Å². The highest BCUT2D eigenvalue weighted by Crippen LogP contribution is 2.50. The van der Waals surface area contributed by atoms with Crippen molar-refractivity contribution in [3.05, 3.63) is 75.8 Å². The maximum Gasteiger partial charge on any atom is 0.245 e. The summed E-state index contributed by atoms with van der Waals surface area (Å²) >= 11 is 1.79. The van der Waals surface area contributed by atoms with Crippen molar-refractivity contribution >= 4 is 60.7 Å². The minimum atomic E-state index is -0.376. The quantitative estimate of drug-likeness (QED) is 0.300. The fraction of sp³-hybridized carbons (Fsp3) is 0.304. The number of fused-ring (bicyclic) bond motifs is 1. The fourth-order valence-electron chi connectivity index (χ4n) is 4.79. The van der Waals surface area contributed by atoms with Crippen molar-refractivity contribution in [2.24, 2.45) is 0 Å². The van der Waals surface area contributed by atoms with Gasteiger partial charge in [-0.2, -0.15) is 5.10 Å². The van der Waals surface area contributed by atoms with Crippen molar-refractivity contribution < 1.29 is 4.79 Å². The number of carbonyl (C=O) groups is 1. The van der Waals surface area contributed by atoms with Crippen LogP contribution in [0, 0.1) is 6.92 Å². The van der Waals surface area contributed by atoms with Crippen LogP contribution in [0.1, 0.15) is 39.4 Å². The number of rotatable bonds is 5. The first-order chi connectivity index (χ1) is 15.5. The molecule has 0 bridgehead atoms. The summed E-state index contributed by atoms with van der Waals surface area (Å²) in [6.45, 7) is 9.44. The van der Waals surface area contributed by atoms with Crippen LogP contribution >= 0.6 is 39.1 Å². The summed E-state index contributed by atoms with van der Waals surface area (Å²) < 4.78 is 1.67. The monoisotopic (exact) mass is 511 g/mol. The Morgan fingerprint density at radius 1 is 1.30 bits per heavy atom. The smallest absolute Gasteiger partial charge is 0.245 e. The zero-order valence-electron chi connectivity index (χ0n) is 19.6. The molecule has 1 aromatic carbocycles. The highest BCUT2D eigenvalue weighted by molar-refractivity contribution is 7.56. The number of benzene rings is 1. The molecule has 0 fully saturated rings. The Bertz CT molecular complexity index is 1230. The molecular weight excluding hydrogens is 481 g/mol. The number of carbonyl (C=O) groups excluding carboxylic acids is 1. The minimum Gasteiger partial charge on any atom is -0.344 e. The topological polar surface area (TPSA) is 38.1 Å². The van der Waals surface area contributed by atoms with E-state index < -0.39 is 0 Å². The molecule has 10 heteroatoms. The Labute approximate surface area is 209 Å². The summed E-state index contributed by atoms with van der Waals surface area (Å²) in [7, 11) is 12.9. The number of thiophene rings is 1. The van der Waals surface area contributed by atoms with Crippen LogP contribution < -0.4 is 0 Å². The minimum absolute atomic E-state index is 0.0300. The third kappa shape index (κ3) is 4.43. The summed E-state index contributed by atoms with van der Waals surface area (Å²) in [5, 5.41) is 4.49. The predicted molar refractivity (Wildman–Crippen MR) is 156 cm³/mol. The van der Waals surface area contributed by atoms with Gasteiger partial charge in [-0.3, -0.25) is 9.48 Å². The van der Waals surface area contributed by atoms with Gasteiger partial charge in [0.25, 0.3) is 0 Å². The molecule has 3 unspecified atom stereocenters. The third-order valence-corrected chi connectivity index (χ3v) is 8.62. The lowest BCUT2D eigenvalue weighted by molar-refractivity contribution is -0.128. The zero-order chi connectivity index (χ0) is 24.1. The van der Waals surface area contributed by atoms with Crippen LogP contribution in [-0.4, -0.2) is 42.8 Å². The average molecular weight is 511 g/mol. The van der Waals surface area contributed by atoms with Gasteiger partial charge in [-0.25, -0.2) is 0 Å². The fourth-order valence-corrected chi connectivity index (χ4v) is 6.62. The zero-order valence-corrected chi connectivity index (χ0v) is 23.9. The van der Waals surface area contributed by atoms with Crippen LogP contribution in [0.5, 0.6) is 0 Å². The molecule has 4 rings (SSSR count). The molecule has 0 saturated carbocycles. The van der Waals surface area contributed by atoms with Crippen molar-refractivity contribution in [3.63, 3.8) is 0 Å². The molecule has 3 heterocycles. The Kier molecular flexibility index (Phi) is 6.85. The molecule has 1 aliphatic rings. The molecule has 4 nitrogen and oxygen atoms in total. The van der Waals surface area contributed by atoms with Crippen LogP contribution in [0.15, 0.2) is 49.2 Å². The molecule has 0 saturated heterocycles. The molecule has 0 spiro atoms. The summed E-state index contributed by atoms with van der Waals surface area (Å²) in [5.41, 5.74) is 5.81. The first-order valence-corrected chi connectivity index (χ1v) is 13.6. The van der Waals surface area contributed by atoms with Gasteiger partial charge in [0.2, 0.25) is 5.91 Å². The third-order valence-electron chi connectivity index (χ3n) is 6.42. The van der Waals surface area contributed by atoms with E-state index in [0.29, 0.717) is 6.54 Å². The van der Waals surface area contributed by atoms with Gasteiger partial charge in [-0.05, 0) is 42.7 Å². The van der Waals surface area contributed by atoms with Crippen molar-refractivity contribution in [2.75, 3.05) is 6.54 Å². The van der Waals surface area contributed by atoms with Gasteiger partial charge in [-0.15, -0.1) is 39.1 Å². The average Bonchev–Trinajstić information content (AvgIpc) is 3.38. The summed E-state index contributed by atoms with van der Waals surface area (Å²) in [4.78, 5) is 17.4. The Hall–Kier alpha value is -1.24. The van der Waals surface area contributed by atoms with E-state index in [2.05, 4.69) is 100 Å². The van der Waals surface area contributed by atoms with Crippen molar-refractivity contribution in [2.45, 2.75) is 36.3 Å². The van der Waals surface area contributed by atoms with E-state index in [0.717, 1.165) is 23.4 Å². The highest BCUT2D eigenvalue weighted by atomic mass is 32.1. The molecule has 3 aromatic rings. The maximum absolute atomic E-state index is 12.9. The van der Waals surface area contributed by atoms with Gasteiger partial charge in [0.15, 0.2) is 0 Å². The lowest BCUT2D eigenvalue weighted by Gasteiger charge is -2.46. The van der Waals surface area contributed by atoms with E-state index in [1.165, 1.54) is 27.0 Å². The lowest BCUT2D eigenvalue weighted by Crippen LogP contribution is -2.54. The summed E-state index contributed by atoms with van der Waals surface area (Å²) in [5.74, 6) is 0.0430. The van der Waals surface area contributed by atoms with E-state index >= 15 is 0 Å². The molecule has 0 aliphatic carbocycles. The van der Waals surface area contributed by atoms with Crippen LogP contribution in [0.25, 0.3) is 11.1 Å². The molecule has 1 amide bonds. The predicted octanol–water partition coefficient (Wildman–Crippen LogP) is 3.21. The largest absolute Gasteiger partial charge is 0.344 e. The number of amides is 1. The number of aryl methyl sites for hydroxylation is 2. The first kappa shape index (κ1) is 24.9. The number of aromatic nitrogens is 2. The van der Waals surface area contributed by atoms with Crippen molar-refractivity contribution in [1.29, 1.82) is 0 Å². The number of hydrogen-bond donors (Lipinski definition) is 0. The normalized spacial score (nSPS) is 17.6. The lowest BCUT2D eigenvalue weighted by atomic mass is 9.56. The molecular formula is C23H30B2N3OP3S. The van der Waals surface area contributed by atoms with Gasteiger partial charge < -0.3 is 4.90 Å². The second-order valence-corrected chi connectivity index (χ2v) is 15.3. The SMILES string of the molecule is BC1(B)c2sc(C)cc2[C@H](c2ccccc2-c2cn(CC)nc2C(P)(P)P)CN1C(=O)C=C. The Balaban J connectivity index is 1.94. The summed E-state index contributed by atoms with van der Waals surface area (Å²) in [6, 6.07) is 10.9. The van der Waals surface area contributed by atoms with E-state index in [4.69, 9.17) is 5.10 Å². The standard InChI is InChI=1S/C23H30B2N3OP3S/c1-4-19(29)28-12-17(16-10-13(3)33-21(16)22(28,24)25)14-8-6-7-9-15(14)18-11-27(5-2)26-20(18)23(30,31)32/h4,6-11,17H,1,5,12,24-25,30-32H2,2-3H3/t17-/m0/s1. The van der Waals surface area contributed by atoms with Gasteiger partial charge in [0.1, 0.15) is 15.7 Å². The Morgan fingerprint density at radius 3 is 2.64 bits per heavy atom. The number of hydrogen-bond acceptors (Lipinski definition) is 3. The van der Waals surface area contributed by atoms with Gasteiger partial charge in [0.05, 0.1) is 10.3 Å². The molecule has 170 valence electrons. The first-order valence-electron chi connectivity index (χ1n) is 11.1. The molecule has 33 heavy (non-hydrogen) atoms. The molecule has 0 radical (unpaired) electrons. The van der Waals surface area contributed by atoms with E-state index in [-0.39, 0.29) is 21.8 Å². The van der Waals surface area contributed by atoms with Gasteiger partial charge in [-0.1, -0.05) is 30.8 Å². The van der Waals surface area contributed by atoms with Crippen molar-refractivity contribution in [3.8, 4) is 11.1 Å². The molecule has 1 aliphatic heterocycles. The second-order valence-electron chi connectivity index (χ2n) is 9.17. The Morgan fingerprint density at radius 2 is 2.00 bits per heavy atom. The van der Waals surface area contributed by atoms with Crippen LogP contribution in [0.3, 0.4) is 0 Å².